The predicted octanol–water partition coefficient (Wildman–Crippen LogP) is 1.50. The normalized spacial score (nSPS) is 34.2. The van der Waals surface area contributed by atoms with Crippen LogP contribution in [-0.4, -0.2) is 36.3 Å². The summed E-state index contributed by atoms with van der Waals surface area (Å²) < 4.78 is 22.4. The van der Waals surface area contributed by atoms with Crippen LogP contribution in [0.1, 0.15) is 12.8 Å². The summed E-state index contributed by atoms with van der Waals surface area (Å²) in [5, 5.41) is 0. The largest absolute Gasteiger partial charge is 0.469 e. The van der Waals surface area contributed by atoms with E-state index in [9.17, 15) is 14.0 Å². The van der Waals surface area contributed by atoms with Gasteiger partial charge >= 0.3 is 11.9 Å². The van der Waals surface area contributed by atoms with E-state index in [1.165, 1.54) is 14.2 Å². The summed E-state index contributed by atoms with van der Waals surface area (Å²) in [5.41, 5.74) is 0. The number of methoxy groups -OCH3 is 2. The summed E-state index contributed by atoms with van der Waals surface area (Å²) in [5.74, 6) is -2.32. The summed E-state index contributed by atoms with van der Waals surface area (Å²) in [6, 6.07) is 0. The SMILES string of the molecule is COC(=O)[C@H]1C[C@H](F)[C@@H](I)C[C@@H]1C(=O)OC. The number of rotatable bonds is 2. The van der Waals surface area contributed by atoms with E-state index in [0.29, 0.717) is 6.42 Å². The standard InChI is InChI=1S/C10H14FIO4/c1-15-9(13)5-3-7(11)8(12)4-6(5)10(14)16-2/h5-8H,3-4H2,1-2H3/t5-,6-,7-,8-/m0/s1. The Hall–Kier alpha value is -0.400. The Kier molecular flexibility index (Phi) is 4.94. The van der Waals surface area contributed by atoms with Crippen molar-refractivity contribution in [2.24, 2.45) is 11.8 Å². The van der Waals surface area contributed by atoms with Gasteiger partial charge in [-0.05, 0) is 12.8 Å². The molecule has 4 nitrogen and oxygen atoms in total. The van der Waals surface area contributed by atoms with Crippen molar-refractivity contribution in [1.82, 2.24) is 0 Å². The van der Waals surface area contributed by atoms with Crippen LogP contribution in [0.25, 0.3) is 0 Å². The van der Waals surface area contributed by atoms with Crippen LogP contribution in [0, 0.1) is 11.8 Å². The van der Waals surface area contributed by atoms with Gasteiger partial charge in [0, 0.05) is 3.92 Å². The zero-order valence-electron chi connectivity index (χ0n) is 9.11. The van der Waals surface area contributed by atoms with Crippen molar-refractivity contribution >= 4 is 34.5 Å². The lowest BCUT2D eigenvalue weighted by atomic mass is 9.78. The molecule has 4 atom stereocenters. The van der Waals surface area contributed by atoms with Crippen LogP contribution < -0.4 is 0 Å². The minimum atomic E-state index is -1.08. The summed E-state index contributed by atoms with van der Waals surface area (Å²) in [6.45, 7) is 0. The van der Waals surface area contributed by atoms with Crippen LogP contribution in [0.15, 0.2) is 0 Å². The molecule has 92 valence electrons. The number of alkyl halides is 2. The Balaban J connectivity index is 2.83. The van der Waals surface area contributed by atoms with E-state index in [-0.39, 0.29) is 10.3 Å². The van der Waals surface area contributed by atoms with Crippen molar-refractivity contribution in [2.45, 2.75) is 22.9 Å². The van der Waals surface area contributed by atoms with Gasteiger partial charge in [-0.15, -0.1) is 0 Å². The Bertz CT molecular complexity index is 256. The molecule has 6 heteroatoms. The van der Waals surface area contributed by atoms with Gasteiger partial charge in [0.2, 0.25) is 0 Å². The highest BCUT2D eigenvalue weighted by Gasteiger charge is 2.44. The van der Waals surface area contributed by atoms with E-state index in [1.807, 2.05) is 22.6 Å². The van der Waals surface area contributed by atoms with Crippen molar-refractivity contribution in [3.8, 4) is 0 Å². The number of carbonyl (C=O) groups excluding carboxylic acids is 2. The van der Waals surface area contributed by atoms with Gasteiger partial charge in [-0.25, -0.2) is 4.39 Å². The molecule has 0 radical (unpaired) electrons. The second kappa shape index (κ2) is 5.79. The molecular formula is C10H14FIO4. The maximum atomic E-state index is 13.5. The third-order valence-corrected chi connectivity index (χ3v) is 4.13. The predicted molar refractivity (Wildman–Crippen MR) is 63.0 cm³/mol. The molecule has 0 amide bonds. The molecule has 0 N–H and O–H groups in total. The van der Waals surface area contributed by atoms with Crippen LogP contribution in [0.4, 0.5) is 4.39 Å². The molecule has 1 aliphatic carbocycles. The minimum Gasteiger partial charge on any atom is -0.469 e. The van der Waals surface area contributed by atoms with Crippen LogP contribution in [0.3, 0.4) is 0 Å². The number of halogens is 2. The van der Waals surface area contributed by atoms with Gasteiger partial charge in [-0.1, -0.05) is 22.6 Å². The number of esters is 2. The average molecular weight is 344 g/mol. The monoisotopic (exact) mass is 344 g/mol. The highest BCUT2D eigenvalue weighted by Crippen LogP contribution is 2.37. The van der Waals surface area contributed by atoms with Crippen LogP contribution in [-0.2, 0) is 19.1 Å². The first-order valence-corrected chi connectivity index (χ1v) is 6.19. The molecule has 0 aromatic rings. The first-order valence-electron chi connectivity index (χ1n) is 4.95. The van der Waals surface area contributed by atoms with Crippen molar-refractivity contribution in [3.05, 3.63) is 0 Å². The van der Waals surface area contributed by atoms with Gasteiger partial charge < -0.3 is 9.47 Å². The van der Waals surface area contributed by atoms with Gasteiger partial charge in [0.05, 0.1) is 26.1 Å². The third kappa shape index (κ3) is 2.83. The minimum absolute atomic E-state index is 0.0278. The molecule has 1 saturated carbocycles. The molecule has 1 rings (SSSR count). The number of carbonyl (C=O) groups is 2. The Labute approximate surface area is 107 Å². The summed E-state index contributed by atoms with van der Waals surface area (Å²) >= 11 is 1.96. The molecule has 0 heterocycles. The maximum absolute atomic E-state index is 13.5. The molecule has 0 bridgehead atoms. The van der Waals surface area contributed by atoms with Crippen LogP contribution in [0.2, 0.25) is 0 Å². The van der Waals surface area contributed by atoms with E-state index >= 15 is 0 Å². The van der Waals surface area contributed by atoms with Gasteiger partial charge in [0.25, 0.3) is 0 Å². The molecular weight excluding hydrogens is 330 g/mol. The number of hydrogen-bond acceptors (Lipinski definition) is 4. The summed E-state index contributed by atoms with van der Waals surface area (Å²) in [7, 11) is 2.50. The molecule has 0 aromatic carbocycles. The lowest BCUT2D eigenvalue weighted by molar-refractivity contribution is -0.160. The van der Waals surface area contributed by atoms with Crippen LogP contribution in [0.5, 0.6) is 0 Å². The van der Waals surface area contributed by atoms with E-state index in [2.05, 4.69) is 9.47 Å². The molecule has 1 fully saturated rings. The maximum Gasteiger partial charge on any atom is 0.309 e. The second-order valence-corrected chi connectivity index (χ2v) is 5.36. The Morgan fingerprint density at radius 1 is 1.12 bits per heavy atom. The quantitative estimate of drug-likeness (QED) is 0.433. The number of ether oxygens (including phenoxy) is 2. The average Bonchev–Trinajstić information content (AvgIpc) is 2.30. The second-order valence-electron chi connectivity index (χ2n) is 3.76. The van der Waals surface area contributed by atoms with Crippen molar-refractivity contribution < 1.29 is 23.5 Å². The first kappa shape index (κ1) is 13.7. The zero-order valence-corrected chi connectivity index (χ0v) is 11.3. The molecule has 1 aliphatic rings. The zero-order chi connectivity index (χ0) is 12.3. The van der Waals surface area contributed by atoms with Gasteiger partial charge in [-0.3, -0.25) is 9.59 Å². The molecule has 0 unspecified atom stereocenters. The highest BCUT2D eigenvalue weighted by atomic mass is 127. The van der Waals surface area contributed by atoms with E-state index in [1.54, 1.807) is 0 Å². The molecule has 0 aromatic heterocycles. The fourth-order valence-corrected chi connectivity index (χ4v) is 2.77. The van der Waals surface area contributed by atoms with E-state index < -0.39 is 29.9 Å². The Morgan fingerprint density at radius 3 is 2.00 bits per heavy atom. The van der Waals surface area contributed by atoms with Gasteiger partial charge in [0.1, 0.15) is 6.17 Å². The Morgan fingerprint density at radius 2 is 1.56 bits per heavy atom. The van der Waals surface area contributed by atoms with Crippen molar-refractivity contribution in [3.63, 3.8) is 0 Å². The summed E-state index contributed by atoms with van der Waals surface area (Å²) in [6.07, 6.45) is -0.737. The molecule has 16 heavy (non-hydrogen) atoms. The molecule has 0 spiro atoms. The fraction of sp³-hybridized carbons (Fsp3) is 0.800. The van der Waals surface area contributed by atoms with Crippen molar-refractivity contribution in [2.75, 3.05) is 14.2 Å². The summed E-state index contributed by atoms with van der Waals surface area (Å²) in [4.78, 5) is 22.9. The van der Waals surface area contributed by atoms with Crippen molar-refractivity contribution in [1.29, 1.82) is 0 Å². The van der Waals surface area contributed by atoms with Gasteiger partial charge in [0.15, 0.2) is 0 Å². The van der Waals surface area contributed by atoms with Gasteiger partial charge in [-0.2, -0.15) is 0 Å². The smallest absolute Gasteiger partial charge is 0.309 e. The lowest BCUT2D eigenvalue weighted by Gasteiger charge is -2.32. The third-order valence-electron chi connectivity index (χ3n) is 2.84. The molecule has 0 saturated heterocycles. The molecule has 0 aliphatic heterocycles. The highest BCUT2D eigenvalue weighted by molar-refractivity contribution is 14.1. The number of hydrogen-bond donors (Lipinski definition) is 0. The topological polar surface area (TPSA) is 52.6 Å². The van der Waals surface area contributed by atoms with Crippen LogP contribution >= 0.6 is 22.6 Å². The lowest BCUT2D eigenvalue weighted by Crippen LogP contribution is -2.42. The van der Waals surface area contributed by atoms with E-state index in [0.717, 1.165) is 0 Å². The first-order chi connectivity index (χ1) is 7.51. The fourth-order valence-electron chi connectivity index (χ4n) is 1.93. The van der Waals surface area contributed by atoms with E-state index in [4.69, 9.17) is 0 Å².